The SMILES string of the molecule is C=CCC(N)C(=O)Nc1cc(S(C)(=O)=O)ccc1C. The van der Waals surface area contributed by atoms with E-state index in [1.165, 1.54) is 12.1 Å². The second-order valence-electron chi connectivity index (χ2n) is 4.37. The number of rotatable bonds is 5. The smallest absolute Gasteiger partial charge is 0.241 e. The van der Waals surface area contributed by atoms with Crippen LogP contribution in [-0.2, 0) is 14.6 Å². The molecule has 1 atom stereocenters. The van der Waals surface area contributed by atoms with E-state index in [1.807, 2.05) is 0 Å². The van der Waals surface area contributed by atoms with Gasteiger partial charge in [-0.3, -0.25) is 4.79 Å². The van der Waals surface area contributed by atoms with Crippen molar-refractivity contribution in [1.82, 2.24) is 0 Å². The van der Waals surface area contributed by atoms with Crippen LogP contribution >= 0.6 is 0 Å². The van der Waals surface area contributed by atoms with Crippen molar-refractivity contribution in [3.8, 4) is 0 Å². The summed E-state index contributed by atoms with van der Waals surface area (Å²) in [5, 5.41) is 2.63. The van der Waals surface area contributed by atoms with Gasteiger partial charge in [-0.25, -0.2) is 8.42 Å². The molecule has 1 unspecified atom stereocenters. The maximum absolute atomic E-state index is 11.8. The Morgan fingerprint density at radius 2 is 2.16 bits per heavy atom. The third-order valence-electron chi connectivity index (χ3n) is 2.65. The summed E-state index contributed by atoms with van der Waals surface area (Å²) >= 11 is 0. The van der Waals surface area contributed by atoms with Gasteiger partial charge in [0.2, 0.25) is 5.91 Å². The van der Waals surface area contributed by atoms with E-state index in [9.17, 15) is 13.2 Å². The Hall–Kier alpha value is -1.66. The molecule has 0 fully saturated rings. The van der Waals surface area contributed by atoms with Crippen molar-refractivity contribution in [1.29, 1.82) is 0 Å². The average Bonchev–Trinajstić information content (AvgIpc) is 2.30. The van der Waals surface area contributed by atoms with Gasteiger partial charge in [-0.05, 0) is 31.0 Å². The number of benzene rings is 1. The highest BCUT2D eigenvalue weighted by Crippen LogP contribution is 2.20. The van der Waals surface area contributed by atoms with Crippen LogP contribution in [0.3, 0.4) is 0 Å². The molecule has 0 aliphatic rings. The summed E-state index contributed by atoms with van der Waals surface area (Å²) in [5.74, 6) is -0.367. The number of carbonyl (C=O) groups excluding carboxylic acids is 1. The lowest BCUT2D eigenvalue weighted by Gasteiger charge is -2.13. The van der Waals surface area contributed by atoms with Gasteiger partial charge in [0.05, 0.1) is 10.9 Å². The first-order valence-corrected chi connectivity index (χ1v) is 7.63. The molecule has 0 bridgehead atoms. The molecule has 5 nitrogen and oxygen atoms in total. The number of carbonyl (C=O) groups is 1. The van der Waals surface area contributed by atoms with E-state index in [2.05, 4.69) is 11.9 Å². The number of aryl methyl sites for hydroxylation is 1. The van der Waals surface area contributed by atoms with Crippen LogP contribution in [0.15, 0.2) is 35.7 Å². The Bertz CT molecular complexity index is 594. The highest BCUT2D eigenvalue weighted by molar-refractivity contribution is 7.90. The van der Waals surface area contributed by atoms with Gasteiger partial charge in [0, 0.05) is 11.9 Å². The van der Waals surface area contributed by atoms with Crippen LogP contribution in [0.25, 0.3) is 0 Å². The number of amides is 1. The van der Waals surface area contributed by atoms with E-state index < -0.39 is 15.9 Å². The van der Waals surface area contributed by atoms with Crippen LogP contribution in [0, 0.1) is 6.92 Å². The van der Waals surface area contributed by atoms with Gasteiger partial charge >= 0.3 is 0 Å². The van der Waals surface area contributed by atoms with Crippen LogP contribution < -0.4 is 11.1 Å². The molecule has 0 aromatic heterocycles. The fourth-order valence-corrected chi connectivity index (χ4v) is 2.13. The molecule has 0 radical (unpaired) electrons. The molecule has 1 rings (SSSR count). The van der Waals surface area contributed by atoms with E-state index in [1.54, 1.807) is 19.1 Å². The summed E-state index contributed by atoms with van der Waals surface area (Å²) in [6, 6.07) is 3.89. The van der Waals surface area contributed by atoms with Crippen molar-refractivity contribution in [3.05, 3.63) is 36.4 Å². The van der Waals surface area contributed by atoms with Crippen molar-refractivity contribution in [3.63, 3.8) is 0 Å². The molecule has 0 saturated carbocycles. The first-order chi connectivity index (χ1) is 8.75. The standard InChI is InChI=1S/C13H18N2O3S/c1-4-5-11(14)13(16)15-12-8-10(19(3,17)18)7-6-9(12)2/h4,6-8,11H,1,5,14H2,2-3H3,(H,15,16). The minimum atomic E-state index is -3.31. The lowest BCUT2D eigenvalue weighted by atomic mass is 10.1. The minimum absolute atomic E-state index is 0.158. The van der Waals surface area contributed by atoms with Crippen LogP contribution in [0.2, 0.25) is 0 Å². The molecule has 3 N–H and O–H groups in total. The predicted octanol–water partition coefficient (Wildman–Crippen LogP) is 1.24. The highest BCUT2D eigenvalue weighted by Gasteiger charge is 2.15. The van der Waals surface area contributed by atoms with Gasteiger partial charge in [0.1, 0.15) is 0 Å². The Morgan fingerprint density at radius 1 is 1.53 bits per heavy atom. The molecule has 1 aromatic carbocycles. The van der Waals surface area contributed by atoms with Crippen LogP contribution in [0.1, 0.15) is 12.0 Å². The van der Waals surface area contributed by atoms with Crippen LogP contribution in [0.4, 0.5) is 5.69 Å². The van der Waals surface area contributed by atoms with Gasteiger partial charge in [-0.2, -0.15) is 0 Å². The zero-order valence-corrected chi connectivity index (χ0v) is 11.8. The second kappa shape index (κ2) is 5.99. The van der Waals surface area contributed by atoms with Gasteiger partial charge in [-0.15, -0.1) is 6.58 Å². The average molecular weight is 282 g/mol. The van der Waals surface area contributed by atoms with E-state index in [0.717, 1.165) is 11.8 Å². The maximum atomic E-state index is 11.8. The fraction of sp³-hybridized carbons (Fsp3) is 0.308. The molecule has 6 heteroatoms. The van der Waals surface area contributed by atoms with Crippen LogP contribution in [0.5, 0.6) is 0 Å². The number of nitrogens with two attached hydrogens (primary N) is 1. The summed E-state index contributed by atoms with van der Waals surface area (Å²) in [5.41, 5.74) is 6.87. The summed E-state index contributed by atoms with van der Waals surface area (Å²) in [4.78, 5) is 11.9. The normalized spacial score (nSPS) is 12.8. The van der Waals surface area contributed by atoms with Crippen molar-refractivity contribution >= 4 is 21.4 Å². The molecule has 0 saturated heterocycles. The summed E-state index contributed by atoms with van der Waals surface area (Å²) in [6.07, 6.45) is 3.04. The third-order valence-corrected chi connectivity index (χ3v) is 3.76. The molecule has 0 heterocycles. The maximum Gasteiger partial charge on any atom is 0.241 e. The van der Waals surface area contributed by atoms with Gasteiger partial charge in [0.15, 0.2) is 9.84 Å². The molecule has 19 heavy (non-hydrogen) atoms. The quantitative estimate of drug-likeness (QED) is 0.795. The Morgan fingerprint density at radius 3 is 2.68 bits per heavy atom. The number of sulfone groups is 1. The predicted molar refractivity (Wildman–Crippen MR) is 75.7 cm³/mol. The number of hydrogen-bond acceptors (Lipinski definition) is 4. The zero-order valence-electron chi connectivity index (χ0n) is 11.0. The van der Waals surface area contributed by atoms with E-state index >= 15 is 0 Å². The van der Waals surface area contributed by atoms with E-state index in [0.29, 0.717) is 12.1 Å². The molecule has 104 valence electrons. The Kier molecular flexibility index (Phi) is 4.85. The first kappa shape index (κ1) is 15.4. The van der Waals surface area contributed by atoms with Crippen molar-refractivity contribution in [2.45, 2.75) is 24.3 Å². The Labute approximate surface area is 113 Å². The summed E-state index contributed by atoms with van der Waals surface area (Å²) in [7, 11) is -3.31. The Balaban J connectivity index is 3.01. The first-order valence-electron chi connectivity index (χ1n) is 5.73. The molecule has 1 aromatic rings. The molecule has 1 amide bonds. The fourth-order valence-electron chi connectivity index (χ4n) is 1.48. The summed E-state index contributed by atoms with van der Waals surface area (Å²) in [6.45, 7) is 5.29. The monoisotopic (exact) mass is 282 g/mol. The lowest BCUT2D eigenvalue weighted by molar-refractivity contribution is -0.117. The van der Waals surface area contributed by atoms with Crippen molar-refractivity contribution < 1.29 is 13.2 Å². The van der Waals surface area contributed by atoms with Crippen molar-refractivity contribution in [2.24, 2.45) is 5.73 Å². The number of anilines is 1. The molecule has 0 spiro atoms. The minimum Gasteiger partial charge on any atom is -0.324 e. The van der Waals surface area contributed by atoms with Gasteiger partial charge < -0.3 is 11.1 Å². The number of hydrogen-bond donors (Lipinski definition) is 2. The molecular weight excluding hydrogens is 264 g/mol. The topological polar surface area (TPSA) is 89.3 Å². The number of nitrogens with one attached hydrogen (secondary N) is 1. The molecular formula is C13H18N2O3S. The van der Waals surface area contributed by atoms with Crippen LogP contribution in [-0.4, -0.2) is 26.6 Å². The lowest BCUT2D eigenvalue weighted by Crippen LogP contribution is -2.35. The zero-order chi connectivity index (χ0) is 14.6. The molecule has 0 aliphatic heterocycles. The van der Waals surface area contributed by atoms with E-state index in [-0.39, 0.29) is 10.8 Å². The largest absolute Gasteiger partial charge is 0.324 e. The summed E-state index contributed by atoms with van der Waals surface area (Å²) < 4.78 is 22.9. The third kappa shape index (κ3) is 4.18. The highest BCUT2D eigenvalue weighted by atomic mass is 32.2. The van der Waals surface area contributed by atoms with Gasteiger partial charge in [0.25, 0.3) is 0 Å². The van der Waals surface area contributed by atoms with E-state index in [4.69, 9.17) is 5.73 Å². The van der Waals surface area contributed by atoms with Crippen molar-refractivity contribution in [2.75, 3.05) is 11.6 Å². The van der Waals surface area contributed by atoms with Gasteiger partial charge in [-0.1, -0.05) is 12.1 Å². The molecule has 0 aliphatic carbocycles. The second-order valence-corrected chi connectivity index (χ2v) is 6.38.